The Morgan fingerprint density at radius 1 is 1.00 bits per heavy atom. The lowest BCUT2D eigenvalue weighted by atomic mass is 9.92. The minimum atomic E-state index is -4.50. The number of carbonyl (C=O) groups is 1. The van der Waals surface area contributed by atoms with Crippen LogP contribution in [0.3, 0.4) is 0 Å². The number of benzene rings is 3. The van der Waals surface area contributed by atoms with E-state index >= 15 is 0 Å². The van der Waals surface area contributed by atoms with Gasteiger partial charge in [-0.1, -0.05) is 18.2 Å². The second kappa shape index (κ2) is 9.14. The lowest BCUT2D eigenvalue weighted by molar-refractivity contribution is -0.137. The molecule has 0 saturated carbocycles. The Kier molecular flexibility index (Phi) is 5.99. The number of rotatable bonds is 4. The zero-order valence-electron chi connectivity index (χ0n) is 19.6. The molecule has 0 spiro atoms. The van der Waals surface area contributed by atoms with Crippen LogP contribution >= 0.6 is 0 Å². The molecule has 0 fully saturated rings. The van der Waals surface area contributed by atoms with Crippen molar-refractivity contribution in [3.05, 3.63) is 89.1 Å². The summed E-state index contributed by atoms with van der Waals surface area (Å²) in [6.07, 6.45) is -3.94. The van der Waals surface area contributed by atoms with E-state index in [1.165, 1.54) is 12.1 Å². The summed E-state index contributed by atoms with van der Waals surface area (Å²) in [5.74, 6) is 1.36. The number of nitrogens with zero attached hydrogens (tertiary/aromatic N) is 1. The molecule has 0 aliphatic carbocycles. The van der Waals surface area contributed by atoms with Gasteiger partial charge in [-0.15, -0.1) is 0 Å². The van der Waals surface area contributed by atoms with E-state index in [1.54, 1.807) is 19.1 Å². The molecule has 2 amide bonds. The number of aromatic amines is 1. The first-order chi connectivity index (χ1) is 17.3. The average Bonchev–Trinajstić information content (AvgIpc) is 3.25. The molecular formula is C27H24F3N3O3. The number of carbonyl (C=O) groups excluding carboxylic acids is 1. The molecule has 0 radical (unpaired) electrons. The summed E-state index contributed by atoms with van der Waals surface area (Å²) in [6, 6.07) is 16.8. The monoisotopic (exact) mass is 495 g/mol. The van der Waals surface area contributed by atoms with Gasteiger partial charge < -0.3 is 24.7 Å². The minimum Gasteiger partial charge on any atom is -0.497 e. The molecule has 1 unspecified atom stereocenters. The first-order valence-electron chi connectivity index (χ1n) is 11.4. The molecule has 1 aromatic heterocycles. The molecule has 0 saturated heterocycles. The highest BCUT2D eigenvalue weighted by Gasteiger charge is 2.35. The van der Waals surface area contributed by atoms with Gasteiger partial charge in [-0.05, 0) is 66.1 Å². The lowest BCUT2D eigenvalue weighted by Gasteiger charge is -2.36. The van der Waals surface area contributed by atoms with Gasteiger partial charge in [-0.3, -0.25) is 0 Å². The number of urea groups is 1. The highest BCUT2D eigenvalue weighted by atomic mass is 19.4. The molecule has 9 heteroatoms. The predicted octanol–water partition coefficient (Wildman–Crippen LogP) is 6.38. The average molecular weight is 496 g/mol. The van der Waals surface area contributed by atoms with Crippen LogP contribution in [0.1, 0.15) is 28.4 Å². The van der Waals surface area contributed by atoms with Gasteiger partial charge in [0.2, 0.25) is 0 Å². The van der Waals surface area contributed by atoms with E-state index in [0.717, 1.165) is 45.6 Å². The molecule has 2 heterocycles. The summed E-state index contributed by atoms with van der Waals surface area (Å²) in [4.78, 5) is 18.6. The topological polar surface area (TPSA) is 66.6 Å². The SMILES string of the molecule is COc1cccc(C2c3[nH]c4ccc(OC)cc4c3CCN2C(=O)Nc2cccc(C(F)(F)F)c2)c1. The number of fused-ring (bicyclic) bond motifs is 3. The zero-order chi connectivity index (χ0) is 25.4. The normalized spacial score (nSPS) is 15.5. The molecule has 1 atom stereocenters. The van der Waals surface area contributed by atoms with Crippen molar-refractivity contribution >= 4 is 22.6 Å². The molecule has 186 valence electrons. The maximum atomic E-state index is 13.5. The number of amides is 2. The maximum Gasteiger partial charge on any atom is 0.416 e. The van der Waals surface area contributed by atoms with E-state index < -0.39 is 23.8 Å². The van der Waals surface area contributed by atoms with Crippen molar-refractivity contribution in [3.8, 4) is 11.5 Å². The summed E-state index contributed by atoms with van der Waals surface area (Å²) in [5.41, 5.74) is 2.89. The Labute approximate surface area is 205 Å². The molecule has 5 rings (SSSR count). The third-order valence-corrected chi connectivity index (χ3v) is 6.45. The Hall–Kier alpha value is -4.14. The molecule has 36 heavy (non-hydrogen) atoms. The van der Waals surface area contributed by atoms with E-state index in [9.17, 15) is 18.0 Å². The number of H-pyrrole nitrogens is 1. The third kappa shape index (κ3) is 4.32. The lowest BCUT2D eigenvalue weighted by Crippen LogP contribution is -2.43. The van der Waals surface area contributed by atoms with Crippen molar-refractivity contribution in [1.82, 2.24) is 9.88 Å². The molecule has 0 bridgehead atoms. The standard InChI is InChI=1S/C27H24F3N3O3/c1-35-19-8-3-5-16(13-19)25-24-21(22-15-20(36-2)9-10-23(22)32-24)11-12-33(25)26(34)31-18-7-4-6-17(14-18)27(28,29)30/h3-10,13-15,25,32H,11-12H2,1-2H3,(H,31,34). The number of alkyl halides is 3. The zero-order valence-corrected chi connectivity index (χ0v) is 19.6. The number of hydrogen-bond donors (Lipinski definition) is 2. The second-order valence-corrected chi connectivity index (χ2v) is 8.56. The largest absolute Gasteiger partial charge is 0.497 e. The number of nitrogens with one attached hydrogen (secondary N) is 2. The molecule has 4 aromatic rings. The predicted molar refractivity (Wildman–Crippen MR) is 131 cm³/mol. The van der Waals surface area contributed by atoms with Crippen LogP contribution in [0.2, 0.25) is 0 Å². The van der Waals surface area contributed by atoms with Crippen LogP contribution < -0.4 is 14.8 Å². The number of ether oxygens (including phenoxy) is 2. The van der Waals surface area contributed by atoms with Gasteiger partial charge in [0.25, 0.3) is 0 Å². The van der Waals surface area contributed by atoms with Crippen molar-refractivity contribution in [3.63, 3.8) is 0 Å². The first kappa shape index (κ1) is 23.6. The van der Waals surface area contributed by atoms with Crippen LogP contribution in [0.25, 0.3) is 10.9 Å². The van der Waals surface area contributed by atoms with Gasteiger partial charge in [0.1, 0.15) is 11.5 Å². The van der Waals surface area contributed by atoms with Gasteiger partial charge in [0.05, 0.1) is 25.8 Å². The highest BCUT2D eigenvalue weighted by molar-refractivity contribution is 5.92. The Morgan fingerprint density at radius 2 is 1.75 bits per heavy atom. The van der Waals surface area contributed by atoms with Gasteiger partial charge in [0, 0.05) is 28.8 Å². The second-order valence-electron chi connectivity index (χ2n) is 8.56. The van der Waals surface area contributed by atoms with Crippen LogP contribution in [0.15, 0.2) is 66.7 Å². The molecule has 3 aromatic carbocycles. The van der Waals surface area contributed by atoms with Crippen molar-refractivity contribution in [1.29, 1.82) is 0 Å². The Bertz CT molecular complexity index is 1430. The Morgan fingerprint density at radius 3 is 2.50 bits per heavy atom. The summed E-state index contributed by atoms with van der Waals surface area (Å²) >= 11 is 0. The van der Waals surface area contributed by atoms with Gasteiger partial charge in [0.15, 0.2) is 0 Å². The van der Waals surface area contributed by atoms with Crippen LogP contribution in [0.4, 0.5) is 23.7 Å². The molecule has 1 aliphatic rings. The van der Waals surface area contributed by atoms with E-state index in [4.69, 9.17) is 9.47 Å². The quantitative estimate of drug-likeness (QED) is 0.345. The number of halogens is 3. The fourth-order valence-electron chi connectivity index (χ4n) is 4.74. The fourth-order valence-corrected chi connectivity index (χ4v) is 4.74. The van der Waals surface area contributed by atoms with Crippen LogP contribution in [0.5, 0.6) is 11.5 Å². The van der Waals surface area contributed by atoms with E-state index in [1.807, 2.05) is 42.5 Å². The number of methoxy groups -OCH3 is 2. The third-order valence-electron chi connectivity index (χ3n) is 6.45. The van der Waals surface area contributed by atoms with Crippen LogP contribution in [0, 0.1) is 0 Å². The summed E-state index contributed by atoms with van der Waals surface area (Å²) < 4.78 is 50.4. The smallest absolute Gasteiger partial charge is 0.416 e. The van der Waals surface area contributed by atoms with Crippen molar-refractivity contribution in [2.24, 2.45) is 0 Å². The summed E-state index contributed by atoms with van der Waals surface area (Å²) in [6.45, 7) is 0.365. The minimum absolute atomic E-state index is 0.0754. The fraction of sp³-hybridized carbons (Fsp3) is 0.222. The van der Waals surface area contributed by atoms with Gasteiger partial charge in [-0.2, -0.15) is 13.2 Å². The van der Waals surface area contributed by atoms with Gasteiger partial charge in [-0.25, -0.2) is 4.79 Å². The van der Waals surface area contributed by atoms with Crippen molar-refractivity contribution in [2.45, 2.75) is 18.6 Å². The molecule has 2 N–H and O–H groups in total. The summed E-state index contributed by atoms with van der Waals surface area (Å²) in [7, 11) is 3.18. The number of hydrogen-bond acceptors (Lipinski definition) is 3. The summed E-state index contributed by atoms with van der Waals surface area (Å²) in [5, 5.41) is 3.67. The maximum absolute atomic E-state index is 13.5. The van der Waals surface area contributed by atoms with E-state index in [2.05, 4.69) is 10.3 Å². The van der Waals surface area contributed by atoms with Gasteiger partial charge >= 0.3 is 12.2 Å². The molecule has 6 nitrogen and oxygen atoms in total. The molecular weight excluding hydrogens is 471 g/mol. The number of aromatic nitrogens is 1. The number of anilines is 1. The van der Waals surface area contributed by atoms with Crippen LogP contribution in [-0.2, 0) is 12.6 Å². The van der Waals surface area contributed by atoms with Crippen molar-refractivity contribution < 1.29 is 27.4 Å². The van der Waals surface area contributed by atoms with Crippen molar-refractivity contribution in [2.75, 3.05) is 26.1 Å². The molecule has 1 aliphatic heterocycles. The Balaban J connectivity index is 1.56. The van der Waals surface area contributed by atoms with E-state index in [0.29, 0.717) is 18.7 Å². The van der Waals surface area contributed by atoms with E-state index in [-0.39, 0.29) is 5.69 Å². The first-order valence-corrected chi connectivity index (χ1v) is 11.4. The highest BCUT2D eigenvalue weighted by Crippen LogP contribution is 2.40. The van der Waals surface area contributed by atoms with Crippen LogP contribution in [-0.4, -0.2) is 36.7 Å².